The Bertz CT molecular complexity index is 222. The minimum absolute atomic E-state index is 0.166. The number of hydrogen-bond acceptors (Lipinski definition) is 2. The summed E-state index contributed by atoms with van der Waals surface area (Å²) < 4.78 is 0. The Kier molecular flexibility index (Phi) is 6.56. The first-order valence-corrected chi connectivity index (χ1v) is 7.05. The Morgan fingerprint density at radius 3 is 2.53 bits per heavy atom. The lowest BCUT2D eigenvalue weighted by Gasteiger charge is -2.27. The highest BCUT2D eigenvalue weighted by Gasteiger charge is 2.20. The van der Waals surface area contributed by atoms with Gasteiger partial charge in [-0.05, 0) is 32.6 Å². The smallest absolute Gasteiger partial charge is 0.222 e. The first kappa shape index (κ1) is 14.5. The standard InChI is InChI=1S/C14H27NO2/c1-12(2)15(10-5-11-16)14(17)9-8-13-6-3-4-7-13/h12-13,16H,3-11H2,1-2H3. The molecule has 0 atom stereocenters. The lowest BCUT2D eigenvalue weighted by Crippen LogP contribution is -2.38. The second-order valence-corrected chi connectivity index (χ2v) is 5.45. The molecule has 3 nitrogen and oxygen atoms in total. The number of aliphatic hydroxyl groups excluding tert-OH is 1. The molecule has 1 aliphatic carbocycles. The van der Waals surface area contributed by atoms with E-state index < -0.39 is 0 Å². The Morgan fingerprint density at radius 2 is 2.00 bits per heavy atom. The fourth-order valence-electron chi connectivity index (χ4n) is 2.68. The lowest BCUT2D eigenvalue weighted by molar-refractivity contribution is -0.133. The number of aliphatic hydroxyl groups is 1. The molecule has 0 aromatic carbocycles. The number of amides is 1. The number of carbonyl (C=O) groups is 1. The molecule has 0 unspecified atom stereocenters. The van der Waals surface area contributed by atoms with Crippen molar-refractivity contribution in [3.63, 3.8) is 0 Å². The van der Waals surface area contributed by atoms with Crippen molar-refractivity contribution in [3.05, 3.63) is 0 Å². The van der Waals surface area contributed by atoms with Gasteiger partial charge in [0.15, 0.2) is 0 Å². The monoisotopic (exact) mass is 241 g/mol. The van der Waals surface area contributed by atoms with Gasteiger partial charge in [-0.1, -0.05) is 25.7 Å². The zero-order valence-electron chi connectivity index (χ0n) is 11.3. The van der Waals surface area contributed by atoms with Crippen molar-refractivity contribution in [1.29, 1.82) is 0 Å². The third kappa shape index (κ3) is 5.07. The summed E-state index contributed by atoms with van der Waals surface area (Å²) in [5.41, 5.74) is 0. The van der Waals surface area contributed by atoms with E-state index in [0.717, 1.165) is 12.3 Å². The van der Waals surface area contributed by atoms with E-state index >= 15 is 0 Å². The summed E-state index contributed by atoms with van der Waals surface area (Å²) in [6, 6.07) is 0.248. The van der Waals surface area contributed by atoms with Crippen LogP contribution in [0, 0.1) is 5.92 Å². The molecule has 0 aliphatic heterocycles. The number of carbonyl (C=O) groups excluding carboxylic acids is 1. The molecule has 1 fully saturated rings. The second kappa shape index (κ2) is 7.70. The van der Waals surface area contributed by atoms with Crippen molar-refractivity contribution >= 4 is 5.91 Å². The normalized spacial score (nSPS) is 16.7. The second-order valence-electron chi connectivity index (χ2n) is 5.45. The van der Waals surface area contributed by atoms with Crippen LogP contribution in [0.1, 0.15) is 58.8 Å². The van der Waals surface area contributed by atoms with Crippen LogP contribution in [0.25, 0.3) is 0 Å². The third-order valence-electron chi connectivity index (χ3n) is 3.74. The van der Waals surface area contributed by atoms with Crippen molar-refractivity contribution in [2.75, 3.05) is 13.2 Å². The molecule has 0 saturated heterocycles. The van der Waals surface area contributed by atoms with Crippen LogP contribution in [-0.4, -0.2) is 35.1 Å². The molecule has 1 amide bonds. The van der Waals surface area contributed by atoms with Crippen LogP contribution in [-0.2, 0) is 4.79 Å². The van der Waals surface area contributed by atoms with Crippen LogP contribution in [0.4, 0.5) is 0 Å². The summed E-state index contributed by atoms with van der Waals surface area (Å²) >= 11 is 0. The molecule has 0 bridgehead atoms. The van der Waals surface area contributed by atoms with Gasteiger partial charge in [-0.2, -0.15) is 0 Å². The van der Waals surface area contributed by atoms with Gasteiger partial charge in [-0.25, -0.2) is 0 Å². The maximum absolute atomic E-state index is 12.1. The summed E-state index contributed by atoms with van der Waals surface area (Å²) in [6.45, 7) is 4.95. The summed E-state index contributed by atoms with van der Waals surface area (Å²) in [5, 5.41) is 8.84. The molecule has 1 N–H and O–H groups in total. The average molecular weight is 241 g/mol. The van der Waals surface area contributed by atoms with E-state index in [1.165, 1.54) is 25.7 Å². The molecule has 1 aliphatic rings. The van der Waals surface area contributed by atoms with Gasteiger partial charge in [0, 0.05) is 25.6 Å². The molecule has 1 saturated carbocycles. The molecule has 0 heterocycles. The molecule has 100 valence electrons. The molecule has 1 rings (SSSR count). The van der Waals surface area contributed by atoms with E-state index in [1.54, 1.807) is 0 Å². The zero-order chi connectivity index (χ0) is 12.7. The quantitative estimate of drug-likeness (QED) is 0.744. The highest BCUT2D eigenvalue weighted by molar-refractivity contribution is 5.76. The van der Waals surface area contributed by atoms with E-state index in [9.17, 15) is 4.79 Å². The van der Waals surface area contributed by atoms with Crippen molar-refractivity contribution in [2.24, 2.45) is 5.92 Å². The molecular formula is C14H27NO2. The SMILES string of the molecule is CC(C)N(CCCO)C(=O)CCC1CCCC1. The molecule has 0 aromatic heterocycles. The van der Waals surface area contributed by atoms with Crippen molar-refractivity contribution in [2.45, 2.75) is 64.8 Å². The maximum atomic E-state index is 12.1. The Morgan fingerprint density at radius 1 is 1.35 bits per heavy atom. The van der Waals surface area contributed by atoms with Gasteiger partial charge in [0.2, 0.25) is 5.91 Å². The van der Waals surface area contributed by atoms with Crippen LogP contribution < -0.4 is 0 Å². The van der Waals surface area contributed by atoms with Gasteiger partial charge in [0.25, 0.3) is 0 Å². The lowest BCUT2D eigenvalue weighted by atomic mass is 10.0. The van der Waals surface area contributed by atoms with E-state index in [4.69, 9.17) is 5.11 Å². The topological polar surface area (TPSA) is 40.5 Å². The predicted molar refractivity (Wildman–Crippen MR) is 69.7 cm³/mol. The molecule has 0 radical (unpaired) electrons. The Labute approximate surface area is 105 Å². The predicted octanol–water partition coefficient (Wildman–Crippen LogP) is 2.58. The van der Waals surface area contributed by atoms with Crippen LogP contribution in [0.15, 0.2) is 0 Å². The summed E-state index contributed by atoms with van der Waals surface area (Å²) in [4.78, 5) is 14.0. The largest absolute Gasteiger partial charge is 0.396 e. The fraction of sp³-hybridized carbons (Fsp3) is 0.929. The summed E-state index contributed by atoms with van der Waals surface area (Å²) in [7, 11) is 0. The highest BCUT2D eigenvalue weighted by atomic mass is 16.3. The Balaban J connectivity index is 2.30. The number of rotatable bonds is 7. The van der Waals surface area contributed by atoms with Gasteiger partial charge in [-0.15, -0.1) is 0 Å². The van der Waals surface area contributed by atoms with Crippen LogP contribution in [0.5, 0.6) is 0 Å². The number of nitrogens with zero attached hydrogens (tertiary/aromatic N) is 1. The van der Waals surface area contributed by atoms with E-state index in [1.807, 2.05) is 18.7 Å². The van der Waals surface area contributed by atoms with Crippen LogP contribution >= 0.6 is 0 Å². The molecule has 0 spiro atoms. The summed E-state index contributed by atoms with van der Waals surface area (Å²) in [6.07, 6.45) is 7.74. The first-order chi connectivity index (χ1) is 8.15. The van der Waals surface area contributed by atoms with Crippen molar-refractivity contribution in [3.8, 4) is 0 Å². The summed E-state index contributed by atoms with van der Waals surface area (Å²) in [5.74, 6) is 1.05. The minimum atomic E-state index is 0.166. The van der Waals surface area contributed by atoms with Crippen molar-refractivity contribution < 1.29 is 9.90 Å². The third-order valence-corrected chi connectivity index (χ3v) is 3.74. The average Bonchev–Trinajstić information content (AvgIpc) is 2.79. The first-order valence-electron chi connectivity index (χ1n) is 7.05. The van der Waals surface area contributed by atoms with Gasteiger partial charge < -0.3 is 10.0 Å². The minimum Gasteiger partial charge on any atom is -0.396 e. The van der Waals surface area contributed by atoms with Crippen molar-refractivity contribution in [1.82, 2.24) is 4.90 Å². The Hall–Kier alpha value is -0.570. The molecule has 3 heteroatoms. The molecule has 17 heavy (non-hydrogen) atoms. The van der Waals surface area contributed by atoms with E-state index in [-0.39, 0.29) is 18.6 Å². The van der Waals surface area contributed by atoms with Gasteiger partial charge in [0.1, 0.15) is 0 Å². The zero-order valence-corrected chi connectivity index (χ0v) is 11.3. The van der Waals surface area contributed by atoms with E-state index in [2.05, 4.69) is 0 Å². The van der Waals surface area contributed by atoms with Gasteiger partial charge in [0.05, 0.1) is 0 Å². The van der Waals surface area contributed by atoms with Crippen LogP contribution in [0.2, 0.25) is 0 Å². The fourth-order valence-corrected chi connectivity index (χ4v) is 2.68. The van der Waals surface area contributed by atoms with Crippen LogP contribution in [0.3, 0.4) is 0 Å². The maximum Gasteiger partial charge on any atom is 0.222 e. The van der Waals surface area contributed by atoms with Gasteiger partial charge >= 0.3 is 0 Å². The molecular weight excluding hydrogens is 214 g/mol. The van der Waals surface area contributed by atoms with Gasteiger partial charge in [-0.3, -0.25) is 4.79 Å². The van der Waals surface area contributed by atoms with E-state index in [0.29, 0.717) is 19.4 Å². The highest BCUT2D eigenvalue weighted by Crippen LogP contribution is 2.28. The molecule has 0 aromatic rings. The number of hydrogen-bond donors (Lipinski definition) is 1.